The minimum absolute atomic E-state index is 0.406. The lowest BCUT2D eigenvalue weighted by Crippen LogP contribution is -2.37. The lowest BCUT2D eigenvalue weighted by molar-refractivity contribution is -0.132. The molecule has 0 aliphatic heterocycles. The van der Waals surface area contributed by atoms with E-state index in [0.717, 1.165) is 18.2 Å². The summed E-state index contributed by atoms with van der Waals surface area (Å²) in [6.45, 7) is 4.01. The molecule has 0 bridgehead atoms. The topological polar surface area (TPSA) is 355 Å². The van der Waals surface area contributed by atoms with Crippen molar-refractivity contribution < 1.29 is 91.0 Å². The minimum atomic E-state index is -1.11. The van der Waals surface area contributed by atoms with Crippen LogP contribution < -0.4 is 0 Å². The predicted octanol–water partition coefficient (Wildman–Crippen LogP) is -5.40. The first kappa shape index (κ1) is 51.9. The zero-order valence-electron chi connectivity index (χ0n) is 23.3. The van der Waals surface area contributed by atoms with Gasteiger partial charge in [0.2, 0.25) is 0 Å². The Kier molecular flexibility index (Phi) is 42.4. The summed E-state index contributed by atoms with van der Waals surface area (Å²) in [5.41, 5.74) is -3.33. The van der Waals surface area contributed by atoms with Gasteiger partial charge < -0.3 is 76.6 Å². The van der Waals surface area contributed by atoms with E-state index in [1.54, 1.807) is 0 Å². The molecule has 42 heavy (non-hydrogen) atoms. The van der Waals surface area contributed by atoms with Crippen LogP contribution in [0.3, 0.4) is 0 Å². The van der Waals surface area contributed by atoms with Crippen LogP contribution in [0.2, 0.25) is 0 Å². The van der Waals surface area contributed by atoms with Gasteiger partial charge in [-0.2, -0.15) is 0 Å². The van der Waals surface area contributed by atoms with Crippen LogP contribution in [-0.4, -0.2) is 174 Å². The molecular weight excluding hydrogens is 576 g/mol. The molecular formula is C24H48O18. The Morgan fingerprint density at radius 1 is 0.357 bits per heavy atom. The molecule has 252 valence electrons. The van der Waals surface area contributed by atoms with E-state index in [1.807, 2.05) is 0 Å². The van der Waals surface area contributed by atoms with Crippen molar-refractivity contribution in [2.24, 2.45) is 16.2 Å². The molecule has 0 aromatic carbocycles. The second-order valence-electron chi connectivity index (χ2n) is 8.02. The first-order valence-corrected chi connectivity index (χ1v) is 11.4. The fraction of sp³-hybridized carbons (Fsp3) is 0.625. The van der Waals surface area contributed by atoms with E-state index in [4.69, 9.17) is 76.6 Å². The smallest absolute Gasteiger partial charge is 0.327 e. The van der Waals surface area contributed by atoms with Gasteiger partial charge in [0.25, 0.3) is 0 Å². The van der Waals surface area contributed by atoms with Crippen molar-refractivity contribution in [3.8, 4) is 0 Å². The van der Waals surface area contributed by atoms with Gasteiger partial charge in [-0.3, -0.25) is 0 Å². The van der Waals surface area contributed by atoms with Crippen molar-refractivity contribution in [2.45, 2.75) is 0 Å². The van der Waals surface area contributed by atoms with Crippen LogP contribution >= 0.6 is 0 Å². The summed E-state index contributed by atoms with van der Waals surface area (Å²) in [5.74, 6) is -2.94. The number of aliphatic hydroxyl groups is 12. The molecule has 0 unspecified atom stereocenters. The van der Waals surface area contributed by atoms with Crippen molar-refractivity contribution in [3.05, 3.63) is 38.0 Å². The van der Waals surface area contributed by atoms with Gasteiger partial charge in [-0.1, -0.05) is 19.7 Å². The summed E-state index contributed by atoms with van der Waals surface area (Å²) in [5, 5.41) is 125. The molecule has 0 aromatic heterocycles. The SMILES string of the molecule is C=CC(=O)O.C=CC(=O)O.C=CC(=O)O.OCC(CO)(CO)CO.OCC(CO)(CO)CO.OCC(CO)(CO)CO. The maximum atomic E-state index is 9.25. The summed E-state index contributed by atoms with van der Waals surface area (Å²) < 4.78 is 0. The monoisotopic (exact) mass is 624 g/mol. The molecule has 0 saturated heterocycles. The molecule has 0 aliphatic rings. The third-order valence-electron chi connectivity index (χ3n) is 4.55. The molecule has 0 amide bonds. The number of hydrogen-bond donors (Lipinski definition) is 15. The largest absolute Gasteiger partial charge is 0.478 e. The van der Waals surface area contributed by atoms with Gasteiger partial charge in [0.15, 0.2) is 0 Å². The number of carboxylic acids is 3. The van der Waals surface area contributed by atoms with E-state index >= 15 is 0 Å². The van der Waals surface area contributed by atoms with Crippen molar-refractivity contribution in [1.29, 1.82) is 0 Å². The lowest BCUT2D eigenvalue weighted by atomic mass is 9.93. The summed E-state index contributed by atoms with van der Waals surface area (Å²) >= 11 is 0. The highest BCUT2D eigenvalue weighted by molar-refractivity contribution is 5.79. The van der Waals surface area contributed by atoms with Crippen LogP contribution in [0.25, 0.3) is 0 Å². The van der Waals surface area contributed by atoms with E-state index in [0.29, 0.717) is 0 Å². The van der Waals surface area contributed by atoms with Gasteiger partial charge >= 0.3 is 17.9 Å². The molecule has 0 heterocycles. The van der Waals surface area contributed by atoms with Crippen molar-refractivity contribution >= 4 is 17.9 Å². The summed E-state index contributed by atoms with van der Waals surface area (Å²) in [6, 6.07) is 0. The second kappa shape index (κ2) is 34.4. The average molecular weight is 625 g/mol. The number of hydrogen-bond acceptors (Lipinski definition) is 15. The van der Waals surface area contributed by atoms with Gasteiger partial charge in [0.1, 0.15) is 0 Å². The molecule has 15 N–H and O–H groups in total. The third kappa shape index (κ3) is 31.7. The maximum absolute atomic E-state index is 9.25. The molecule has 18 heteroatoms. The Hall–Kier alpha value is -2.85. The Balaban J connectivity index is -0.0000000946. The van der Waals surface area contributed by atoms with Gasteiger partial charge in [0, 0.05) is 18.2 Å². The molecule has 0 fully saturated rings. The van der Waals surface area contributed by atoms with Crippen LogP contribution in [0.1, 0.15) is 0 Å². The van der Waals surface area contributed by atoms with Gasteiger partial charge in [-0.15, -0.1) is 0 Å². The molecule has 0 aromatic rings. The number of rotatable bonds is 15. The van der Waals surface area contributed by atoms with Crippen LogP contribution in [0, 0.1) is 16.2 Å². The van der Waals surface area contributed by atoms with Crippen molar-refractivity contribution in [1.82, 2.24) is 0 Å². The van der Waals surface area contributed by atoms with Crippen LogP contribution in [0.5, 0.6) is 0 Å². The highest BCUT2D eigenvalue weighted by Crippen LogP contribution is 2.13. The van der Waals surface area contributed by atoms with E-state index < -0.39 is 113 Å². The Morgan fingerprint density at radius 3 is 0.429 bits per heavy atom. The number of aliphatic carboxylic acids is 3. The minimum Gasteiger partial charge on any atom is -0.478 e. The van der Waals surface area contributed by atoms with Crippen molar-refractivity contribution in [2.75, 3.05) is 79.3 Å². The quantitative estimate of drug-likeness (QED) is 0.0755. The van der Waals surface area contributed by atoms with Gasteiger partial charge in [-0.05, 0) is 0 Å². The van der Waals surface area contributed by atoms with E-state index in [9.17, 15) is 14.4 Å². The molecule has 0 atom stereocenters. The number of carboxylic acid groups (broad SMARTS) is 3. The van der Waals surface area contributed by atoms with Crippen LogP contribution in [0.4, 0.5) is 0 Å². The average Bonchev–Trinajstić information content (AvgIpc) is 3.03. The maximum Gasteiger partial charge on any atom is 0.327 e. The Bertz CT molecular complexity index is 527. The van der Waals surface area contributed by atoms with Crippen molar-refractivity contribution in [3.63, 3.8) is 0 Å². The summed E-state index contributed by atoms with van der Waals surface area (Å²) in [6.07, 6.45) is 2.50. The normalized spacial score (nSPS) is 10.0. The van der Waals surface area contributed by atoms with Gasteiger partial charge in [0.05, 0.1) is 95.5 Å². The Labute approximate surface area is 242 Å². The summed E-state index contributed by atoms with van der Waals surface area (Å²) in [4.78, 5) is 27.8. The van der Waals surface area contributed by atoms with E-state index in [1.165, 1.54) is 0 Å². The number of carbonyl (C=O) groups is 3. The zero-order valence-corrected chi connectivity index (χ0v) is 23.3. The number of aliphatic hydroxyl groups excluding tert-OH is 12. The lowest BCUT2D eigenvalue weighted by Gasteiger charge is -2.23. The predicted molar refractivity (Wildman–Crippen MR) is 146 cm³/mol. The fourth-order valence-corrected chi connectivity index (χ4v) is 0.900. The van der Waals surface area contributed by atoms with Gasteiger partial charge in [-0.25, -0.2) is 14.4 Å². The summed E-state index contributed by atoms with van der Waals surface area (Å²) in [7, 11) is 0. The first-order valence-electron chi connectivity index (χ1n) is 11.4. The molecule has 0 saturated carbocycles. The van der Waals surface area contributed by atoms with Crippen LogP contribution in [0.15, 0.2) is 38.0 Å². The fourth-order valence-electron chi connectivity index (χ4n) is 0.900. The zero-order chi connectivity index (χ0) is 34.8. The van der Waals surface area contributed by atoms with Crippen LogP contribution in [-0.2, 0) is 14.4 Å². The standard InChI is InChI=1S/3C5H12O4.3C3H4O2/c3*6-1-5(2-7,3-8)4-9;3*1-2-3(4)5/h3*6-9H,1-4H2;3*2H,1H2,(H,4,5). The molecule has 0 spiro atoms. The van der Waals surface area contributed by atoms with E-state index in [2.05, 4.69) is 19.7 Å². The highest BCUT2D eigenvalue weighted by atomic mass is 16.4. The molecule has 0 radical (unpaired) electrons. The molecule has 18 nitrogen and oxygen atoms in total. The van der Waals surface area contributed by atoms with E-state index in [-0.39, 0.29) is 0 Å². The highest BCUT2D eigenvalue weighted by Gasteiger charge is 2.27. The third-order valence-corrected chi connectivity index (χ3v) is 4.55. The first-order chi connectivity index (χ1) is 19.5. The second-order valence-corrected chi connectivity index (χ2v) is 8.02. The molecule has 0 aliphatic carbocycles. The Morgan fingerprint density at radius 2 is 0.429 bits per heavy atom. The molecule has 0 rings (SSSR count).